The zero-order chi connectivity index (χ0) is 23.6. The van der Waals surface area contributed by atoms with Crippen LogP contribution in [-0.4, -0.2) is 33.3 Å². The maximum Gasteiger partial charge on any atom is 0.348 e. The molecule has 0 saturated heterocycles. The van der Waals surface area contributed by atoms with Crippen LogP contribution in [0.3, 0.4) is 0 Å². The van der Waals surface area contributed by atoms with Crippen molar-refractivity contribution >= 4 is 44.9 Å². The Morgan fingerprint density at radius 1 is 1.25 bits per heavy atom. The van der Waals surface area contributed by atoms with Gasteiger partial charge in [-0.1, -0.05) is 19.1 Å². The molecule has 0 aliphatic carbocycles. The van der Waals surface area contributed by atoms with Crippen LogP contribution in [0.15, 0.2) is 35.4 Å². The molecule has 1 unspecified atom stereocenters. The molecule has 0 aliphatic rings. The molecule has 0 aliphatic heterocycles. The average Bonchev–Trinajstić information content (AvgIpc) is 3.07. The van der Waals surface area contributed by atoms with E-state index in [2.05, 4.69) is 10.3 Å². The van der Waals surface area contributed by atoms with E-state index in [0.29, 0.717) is 38.3 Å². The van der Waals surface area contributed by atoms with E-state index in [1.54, 1.807) is 52.0 Å². The lowest BCUT2D eigenvalue weighted by atomic mass is 10.1. The number of carbonyl (C=O) groups excluding carboxylic acids is 3. The first kappa shape index (κ1) is 23.3. The molecule has 2 heterocycles. The summed E-state index contributed by atoms with van der Waals surface area (Å²) in [6, 6.07) is 5.80. The van der Waals surface area contributed by atoms with Gasteiger partial charge < -0.3 is 10.1 Å². The lowest BCUT2D eigenvalue weighted by molar-refractivity contribution is -0.119. The van der Waals surface area contributed by atoms with Crippen LogP contribution in [0.4, 0.5) is 5.69 Å². The van der Waals surface area contributed by atoms with Crippen LogP contribution in [0.2, 0.25) is 0 Å². The number of benzene rings is 1. The molecule has 3 aromatic rings. The lowest BCUT2D eigenvalue weighted by Gasteiger charge is -2.18. The molecule has 0 spiro atoms. The van der Waals surface area contributed by atoms with E-state index in [9.17, 15) is 19.2 Å². The number of thiophene rings is 1. The van der Waals surface area contributed by atoms with Gasteiger partial charge in [0.25, 0.3) is 5.56 Å². The van der Waals surface area contributed by atoms with Crippen molar-refractivity contribution in [2.45, 2.75) is 53.2 Å². The number of nitrogens with one attached hydrogen (secondary N) is 1. The molecule has 0 saturated carbocycles. The van der Waals surface area contributed by atoms with E-state index in [-0.39, 0.29) is 11.9 Å². The maximum atomic E-state index is 13.3. The number of Topliss-reactive ketones (excluding diaryl/α,β-unsaturated/α-hetero) is 1. The maximum absolute atomic E-state index is 13.3. The van der Waals surface area contributed by atoms with Gasteiger partial charge >= 0.3 is 5.97 Å². The van der Waals surface area contributed by atoms with Crippen molar-refractivity contribution in [1.82, 2.24) is 9.55 Å². The summed E-state index contributed by atoms with van der Waals surface area (Å²) < 4.78 is 6.54. The fourth-order valence-electron chi connectivity index (χ4n) is 3.37. The topological polar surface area (TPSA) is 107 Å². The molecule has 3 rings (SSSR count). The monoisotopic (exact) mass is 455 g/mol. The van der Waals surface area contributed by atoms with Crippen LogP contribution in [0.25, 0.3) is 10.2 Å². The SMILES string of the molecule is CCC(C(=O)Nc1cccc(C(C)=O)c1)n1cnc2sc(C(=O)OC(C)C)c(C)c2c1=O. The highest BCUT2D eigenvalue weighted by Gasteiger charge is 2.25. The fraction of sp³-hybridized carbons (Fsp3) is 0.348. The first-order chi connectivity index (χ1) is 15.1. The van der Waals surface area contributed by atoms with Crippen LogP contribution in [0.1, 0.15) is 65.8 Å². The Bertz CT molecular complexity index is 1260. The second-order valence-electron chi connectivity index (χ2n) is 7.70. The quantitative estimate of drug-likeness (QED) is 0.424. The molecule has 0 fully saturated rings. The van der Waals surface area contributed by atoms with E-state index in [1.165, 1.54) is 17.8 Å². The molecule has 0 radical (unpaired) electrons. The largest absolute Gasteiger partial charge is 0.459 e. The Kier molecular flexibility index (Phi) is 6.88. The van der Waals surface area contributed by atoms with Gasteiger partial charge in [-0.05, 0) is 51.8 Å². The van der Waals surface area contributed by atoms with Crippen LogP contribution in [0, 0.1) is 6.92 Å². The Labute approximate surface area is 189 Å². The van der Waals surface area contributed by atoms with E-state index in [4.69, 9.17) is 4.74 Å². The summed E-state index contributed by atoms with van der Waals surface area (Å²) in [5, 5.41) is 3.08. The van der Waals surface area contributed by atoms with Crippen molar-refractivity contribution in [2.24, 2.45) is 0 Å². The van der Waals surface area contributed by atoms with E-state index in [0.717, 1.165) is 11.3 Å². The predicted molar refractivity (Wildman–Crippen MR) is 124 cm³/mol. The van der Waals surface area contributed by atoms with Crippen molar-refractivity contribution in [3.63, 3.8) is 0 Å². The minimum absolute atomic E-state index is 0.112. The number of aryl methyl sites for hydroxylation is 1. The molecular formula is C23H25N3O5S. The molecule has 1 aromatic carbocycles. The highest BCUT2D eigenvalue weighted by molar-refractivity contribution is 7.20. The van der Waals surface area contributed by atoms with Gasteiger partial charge in [0.2, 0.25) is 5.91 Å². The molecule has 1 atom stereocenters. The van der Waals surface area contributed by atoms with Crippen LogP contribution >= 0.6 is 11.3 Å². The smallest absolute Gasteiger partial charge is 0.348 e. The number of carbonyl (C=O) groups is 3. The molecule has 2 aromatic heterocycles. The average molecular weight is 456 g/mol. The zero-order valence-electron chi connectivity index (χ0n) is 18.6. The zero-order valence-corrected chi connectivity index (χ0v) is 19.4. The Balaban J connectivity index is 1.97. The van der Waals surface area contributed by atoms with Crippen molar-refractivity contribution in [2.75, 3.05) is 5.32 Å². The summed E-state index contributed by atoms with van der Waals surface area (Å²) in [7, 11) is 0. The number of hydrogen-bond donors (Lipinski definition) is 1. The first-order valence-corrected chi connectivity index (χ1v) is 11.1. The van der Waals surface area contributed by atoms with Crippen LogP contribution < -0.4 is 10.9 Å². The number of ketones is 1. The van der Waals surface area contributed by atoms with Crippen molar-refractivity contribution in [3.05, 3.63) is 57.0 Å². The number of ether oxygens (including phenoxy) is 1. The second kappa shape index (κ2) is 9.44. The highest BCUT2D eigenvalue weighted by Crippen LogP contribution is 2.28. The van der Waals surface area contributed by atoms with E-state index >= 15 is 0 Å². The number of nitrogens with zero attached hydrogens (tertiary/aromatic N) is 2. The van der Waals surface area contributed by atoms with Crippen molar-refractivity contribution < 1.29 is 19.1 Å². The molecule has 0 bridgehead atoms. The Morgan fingerprint density at radius 3 is 2.59 bits per heavy atom. The number of hydrogen-bond acceptors (Lipinski definition) is 7. The Morgan fingerprint density at radius 2 is 1.97 bits per heavy atom. The third kappa shape index (κ3) is 4.62. The van der Waals surface area contributed by atoms with Gasteiger partial charge in [-0.2, -0.15) is 0 Å². The van der Waals surface area contributed by atoms with Gasteiger partial charge in [-0.3, -0.25) is 19.0 Å². The minimum atomic E-state index is -0.814. The first-order valence-electron chi connectivity index (χ1n) is 10.3. The second-order valence-corrected chi connectivity index (χ2v) is 8.70. The van der Waals surface area contributed by atoms with Crippen molar-refractivity contribution in [1.29, 1.82) is 0 Å². The van der Waals surface area contributed by atoms with Gasteiger partial charge in [-0.15, -0.1) is 11.3 Å². The van der Waals surface area contributed by atoms with Crippen LogP contribution in [-0.2, 0) is 9.53 Å². The van der Waals surface area contributed by atoms with Crippen molar-refractivity contribution in [3.8, 4) is 0 Å². The third-order valence-corrected chi connectivity index (χ3v) is 6.15. The lowest BCUT2D eigenvalue weighted by Crippen LogP contribution is -2.33. The van der Waals surface area contributed by atoms with Gasteiger partial charge in [-0.25, -0.2) is 9.78 Å². The number of amides is 1. The summed E-state index contributed by atoms with van der Waals surface area (Å²) in [6.07, 6.45) is 1.39. The van der Waals surface area contributed by atoms with Gasteiger partial charge in [0.1, 0.15) is 15.7 Å². The number of rotatable bonds is 7. The van der Waals surface area contributed by atoms with E-state index in [1.807, 2.05) is 0 Å². The van der Waals surface area contributed by atoms with Gasteiger partial charge in [0.05, 0.1) is 17.8 Å². The summed E-state index contributed by atoms with van der Waals surface area (Å²) >= 11 is 1.10. The summed E-state index contributed by atoms with van der Waals surface area (Å²) in [6.45, 7) is 8.42. The molecule has 9 heteroatoms. The van der Waals surface area contributed by atoms with E-state index < -0.39 is 23.5 Å². The number of aromatic nitrogens is 2. The minimum Gasteiger partial charge on any atom is -0.459 e. The normalized spacial score (nSPS) is 12.1. The van der Waals surface area contributed by atoms with Gasteiger partial charge in [0, 0.05) is 11.3 Å². The fourth-order valence-corrected chi connectivity index (χ4v) is 4.39. The highest BCUT2D eigenvalue weighted by atomic mass is 32.1. The third-order valence-electron chi connectivity index (χ3n) is 4.97. The predicted octanol–water partition coefficient (Wildman–Crippen LogP) is 4.12. The molecule has 1 N–H and O–H groups in total. The molecule has 8 nitrogen and oxygen atoms in total. The summed E-state index contributed by atoms with van der Waals surface area (Å²) in [5.74, 6) is -1.01. The Hall–Kier alpha value is -3.33. The molecule has 1 amide bonds. The standard InChI is InChI=1S/C23H25N3O5S/c1-6-17(20(28)25-16-9-7-8-15(10-16)14(5)27)26-11-24-21-18(22(26)29)13(4)19(32-21)23(30)31-12(2)3/h7-12,17H,6H2,1-5H3,(H,25,28). The molecule has 168 valence electrons. The molecular weight excluding hydrogens is 430 g/mol. The summed E-state index contributed by atoms with van der Waals surface area (Å²) in [5.41, 5.74) is 1.04. The summed E-state index contributed by atoms with van der Waals surface area (Å²) in [4.78, 5) is 55.3. The molecule has 32 heavy (non-hydrogen) atoms. The van der Waals surface area contributed by atoms with Gasteiger partial charge in [0.15, 0.2) is 5.78 Å². The number of fused-ring (bicyclic) bond motifs is 1. The van der Waals surface area contributed by atoms with Crippen LogP contribution in [0.5, 0.6) is 0 Å². The number of esters is 1. The number of anilines is 1.